The van der Waals surface area contributed by atoms with Crippen LogP contribution in [0, 0.1) is 0 Å². The number of nitrogens with two attached hydrogens (primary N) is 1. The van der Waals surface area contributed by atoms with Crippen LogP contribution in [0.5, 0.6) is 11.5 Å². The first kappa shape index (κ1) is 20.9. The predicted octanol–water partition coefficient (Wildman–Crippen LogP) is 3.84. The van der Waals surface area contributed by atoms with Crippen LogP contribution in [0.1, 0.15) is 52.0 Å². The molecule has 1 aliphatic carbocycles. The Balaban J connectivity index is 0.00000288. The number of nitrogens with one attached hydrogen (secondary N) is 1. The summed E-state index contributed by atoms with van der Waals surface area (Å²) in [5.41, 5.74) is 6.88. The lowest BCUT2D eigenvalue weighted by molar-refractivity contribution is 0.200. The third-order valence-corrected chi connectivity index (χ3v) is 3.76. The highest BCUT2D eigenvalue weighted by molar-refractivity contribution is 14.0. The number of methoxy groups -OCH3 is 1. The van der Waals surface area contributed by atoms with Crippen molar-refractivity contribution in [2.24, 2.45) is 10.7 Å². The molecular formula is C18H30IN3O2. The summed E-state index contributed by atoms with van der Waals surface area (Å²) in [7, 11) is 1.67. The Bertz CT molecular complexity index is 550. The minimum absolute atomic E-state index is 0. The van der Waals surface area contributed by atoms with Gasteiger partial charge in [0, 0.05) is 5.54 Å². The topological polar surface area (TPSA) is 68.9 Å². The quantitative estimate of drug-likeness (QED) is 0.409. The van der Waals surface area contributed by atoms with Crippen LogP contribution in [-0.4, -0.2) is 24.7 Å². The minimum Gasteiger partial charge on any atom is -0.493 e. The first-order chi connectivity index (χ1) is 10.9. The Labute approximate surface area is 162 Å². The van der Waals surface area contributed by atoms with Crippen LogP contribution < -0.4 is 20.5 Å². The van der Waals surface area contributed by atoms with Crippen molar-refractivity contribution in [3.8, 4) is 11.5 Å². The second kappa shape index (κ2) is 9.34. The van der Waals surface area contributed by atoms with E-state index in [1.165, 1.54) is 12.8 Å². The molecule has 1 saturated carbocycles. The number of rotatable bonds is 5. The van der Waals surface area contributed by atoms with E-state index in [1.807, 2.05) is 18.2 Å². The normalized spacial score (nSPS) is 15.8. The van der Waals surface area contributed by atoms with Crippen molar-refractivity contribution in [2.45, 2.75) is 64.6 Å². The standard InChI is InChI=1S/C18H29N3O2.HI/c1-18(2,3)21-17(19)20-12-13-9-10-15(22-4)16(11-13)23-14-7-5-6-8-14;/h9-11,14H,5-8,12H2,1-4H3,(H3,19,20,21);1H. The van der Waals surface area contributed by atoms with Crippen molar-refractivity contribution in [1.29, 1.82) is 0 Å². The largest absolute Gasteiger partial charge is 0.493 e. The van der Waals surface area contributed by atoms with E-state index in [-0.39, 0.29) is 29.5 Å². The second-order valence-electron chi connectivity index (χ2n) is 7.09. The highest BCUT2D eigenvalue weighted by Crippen LogP contribution is 2.32. The monoisotopic (exact) mass is 447 g/mol. The molecule has 0 atom stereocenters. The molecule has 1 aromatic rings. The van der Waals surface area contributed by atoms with E-state index >= 15 is 0 Å². The summed E-state index contributed by atoms with van der Waals surface area (Å²) in [6.07, 6.45) is 5.02. The Hall–Kier alpha value is -1.18. The molecule has 0 aliphatic heterocycles. The molecule has 24 heavy (non-hydrogen) atoms. The Morgan fingerprint density at radius 3 is 2.50 bits per heavy atom. The lowest BCUT2D eigenvalue weighted by Gasteiger charge is -2.21. The highest BCUT2D eigenvalue weighted by Gasteiger charge is 2.18. The minimum atomic E-state index is -0.0930. The van der Waals surface area contributed by atoms with E-state index in [0.29, 0.717) is 18.6 Å². The second-order valence-corrected chi connectivity index (χ2v) is 7.09. The molecule has 0 bridgehead atoms. The number of ether oxygens (including phenoxy) is 2. The number of benzene rings is 1. The van der Waals surface area contributed by atoms with Gasteiger partial charge in [0.25, 0.3) is 0 Å². The van der Waals surface area contributed by atoms with E-state index < -0.39 is 0 Å². The van der Waals surface area contributed by atoms with Gasteiger partial charge in [0.15, 0.2) is 17.5 Å². The maximum absolute atomic E-state index is 6.11. The molecule has 0 unspecified atom stereocenters. The molecule has 6 heteroatoms. The highest BCUT2D eigenvalue weighted by atomic mass is 127. The summed E-state index contributed by atoms with van der Waals surface area (Å²) in [6, 6.07) is 5.93. The van der Waals surface area contributed by atoms with Gasteiger partial charge in [0.05, 0.1) is 19.8 Å². The van der Waals surface area contributed by atoms with E-state index in [4.69, 9.17) is 15.2 Å². The fraction of sp³-hybridized carbons (Fsp3) is 0.611. The summed E-state index contributed by atoms with van der Waals surface area (Å²) in [4.78, 5) is 4.40. The fourth-order valence-electron chi connectivity index (χ4n) is 2.70. The van der Waals surface area contributed by atoms with Crippen LogP contribution in [0.4, 0.5) is 0 Å². The van der Waals surface area contributed by atoms with Crippen LogP contribution in [0.25, 0.3) is 0 Å². The number of halogens is 1. The molecule has 0 radical (unpaired) electrons. The molecule has 1 aromatic carbocycles. The fourth-order valence-corrected chi connectivity index (χ4v) is 2.70. The van der Waals surface area contributed by atoms with E-state index in [1.54, 1.807) is 7.11 Å². The number of nitrogens with zero attached hydrogens (tertiary/aromatic N) is 1. The van der Waals surface area contributed by atoms with Crippen molar-refractivity contribution in [1.82, 2.24) is 5.32 Å². The van der Waals surface area contributed by atoms with Gasteiger partial charge in [-0.1, -0.05) is 6.07 Å². The maximum Gasteiger partial charge on any atom is 0.189 e. The first-order valence-corrected chi connectivity index (χ1v) is 8.29. The summed E-state index contributed by atoms with van der Waals surface area (Å²) >= 11 is 0. The zero-order chi connectivity index (χ0) is 16.9. The average molecular weight is 447 g/mol. The van der Waals surface area contributed by atoms with Crippen molar-refractivity contribution in [2.75, 3.05) is 7.11 Å². The molecule has 0 spiro atoms. The zero-order valence-electron chi connectivity index (χ0n) is 15.1. The number of guanidine groups is 1. The molecule has 0 saturated heterocycles. The lowest BCUT2D eigenvalue weighted by Crippen LogP contribution is -2.44. The summed E-state index contributed by atoms with van der Waals surface area (Å²) in [5, 5.41) is 3.16. The molecule has 0 amide bonds. The molecule has 2 rings (SSSR count). The van der Waals surface area contributed by atoms with Gasteiger partial charge < -0.3 is 20.5 Å². The zero-order valence-corrected chi connectivity index (χ0v) is 17.4. The third kappa shape index (κ3) is 6.75. The van der Waals surface area contributed by atoms with Crippen molar-refractivity contribution >= 4 is 29.9 Å². The van der Waals surface area contributed by atoms with Gasteiger partial charge in [-0.25, -0.2) is 4.99 Å². The van der Waals surface area contributed by atoms with E-state index in [0.717, 1.165) is 29.9 Å². The predicted molar refractivity (Wildman–Crippen MR) is 110 cm³/mol. The number of hydrogen-bond acceptors (Lipinski definition) is 3. The Morgan fingerprint density at radius 2 is 1.92 bits per heavy atom. The SMILES string of the molecule is COc1ccc(CN=C(N)NC(C)(C)C)cc1OC1CCCC1.I. The maximum atomic E-state index is 6.11. The summed E-state index contributed by atoms with van der Waals surface area (Å²) in [6.45, 7) is 6.67. The van der Waals surface area contributed by atoms with Crippen LogP contribution in [0.2, 0.25) is 0 Å². The van der Waals surface area contributed by atoms with Crippen molar-refractivity contribution in [3.05, 3.63) is 23.8 Å². The molecule has 0 heterocycles. The van der Waals surface area contributed by atoms with Crippen molar-refractivity contribution in [3.63, 3.8) is 0 Å². The average Bonchev–Trinajstić information content (AvgIpc) is 2.96. The summed E-state index contributed by atoms with van der Waals surface area (Å²) in [5.74, 6) is 2.02. The molecule has 3 N–H and O–H groups in total. The van der Waals surface area contributed by atoms with Gasteiger partial charge in [-0.3, -0.25) is 0 Å². The number of hydrogen-bond donors (Lipinski definition) is 2. The Kier molecular flexibility index (Phi) is 8.12. The van der Waals surface area contributed by atoms with E-state index in [2.05, 4.69) is 31.1 Å². The van der Waals surface area contributed by atoms with Gasteiger partial charge in [-0.2, -0.15) is 0 Å². The van der Waals surface area contributed by atoms with Crippen LogP contribution in [0.15, 0.2) is 23.2 Å². The number of aliphatic imine (C=N–C) groups is 1. The summed E-state index contributed by atoms with van der Waals surface area (Å²) < 4.78 is 11.5. The molecule has 1 fully saturated rings. The van der Waals surface area contributed by atoms with E-state index in [9.17, 15) is 0 Å². The van der Waals surface area contributed by atoms with Gasteiger partial charge in [-0.05, 0) is 64.2 Å². The molecule has 0 aromatic heterocycles. The van der Waals surface area contributed by atoms with Crippen molar-refractivity contribution < 1.29 is 9.47 Å². The molecule has 136 valence electrons. The molecule has 1 aliphatic rings. The smallest absolute Gasteiger partial charge is 0.189 e. The van der Waals surface area contributed by atoms with Crippen LogP contribution in [0.3, 0.4) is 0 Å². The van der Waals surface area contributed by atoms with Gasteiger partial charge in [-0.15, -0.1) is 24.0 Å². The third-order valence-electron chi connectivity index (χ3n) is 3.76. The van der Waals surface area contributed by atoms with Gasteiger partial charge in [0.1, 0.15) is 0 Å². The Morgan fingerprint density at radius 1 is 1.25 bits per heavy atom. The van der Waals surface area contributed by atoms with Crippen LogP contribution >= 0.6 is 24.0 Å². The first-order valence-electron chi connectivity index (χ1n) is 8.29. The molecule has 5 nitrogen and oxygen atoms in total. The van der Waals surface area contributed by atoms with Gasteiger partial charge >= 0.3 is 0 Å². The lowest BCUT2D eigenvalue weighted by atomic mass is 10.1. The molecular weight excluding hydrogens is 417 g/mol. The van der Waals surface area contributed by atoms with Crippen LogP contribution in [-0.2, 0) is 6.54 Å². The van der Waals surface area contributed by atoms with Gasteiger partial charge in [0.2, 0.25) is 0 Å².